The van der Waals surface area contributed by atoms with Crippen LogP contribution in [0.15, 0.2) is 88.9 Å². The Labute approximate surface area is 431 Å². The van der Waals surface area contributed by atoms with Gasteiger partial charge >= 0.3 is 23.9 Å². The van der Waals surface area contributed by atoms with E-state index >= 15 is 0 Å². The van der Waals surface area contributed by atoms with Crippen LogP contribution in [-0.2, 0) is 62.4 Å². The molecule has 6 rings (SSSR count). The molecule has 5 aromatic rings. The van der Waals surface area contributed by atoms with Crippen LogP contribution >= 0.6 is 0 Å². The molecule has 2 aromatic heterocycles. The number of nitrogens with zero attached hydrogens (tertiary/aromatic N) is 8. The quantitative estimate of drug-likeness (QED) is 0.0246. The van der Waals surface area contributed by atoms with Crippen LogP contribution in [0.3, 0.4) is 0 Å². The predicted octanol–water partition coefficient (Wildman–Crippen LogP) is -1.16. The van der Waals surface area contributed by atoms with Gasteiger partial charge in [0.1, 0.15) is 6.04 Å². The molecule has 1 aliphatic heterocycles. The normalized spacial score (nSPS) is 15.3. The summed E-state index contributed by atoms with van der Waals surface area (Å²) in [6.07, 6.45) is 3.67. The molecule has 29 heteroatoms. The first-order valence-electron chi connectivity index (χ1n) is 23.4. The van der Waals surface area contributed by atoms with Gasteiger partial charge in [0.15, 0.2) is 5.95 Å². The molecule has 1 fully saturated rings. The number of benzene rings is 3. The number of carboxylic acids is 4. The molecule has 1 atom stereocenters. The number of aliphatic carboxylic acids is 4. The SMILES string of the molecule is Cn1nc(CNc2ncc[nH]2)c2ccc(N(C=O)C[C@H](NS(=O)(=O)c3ccc(-c4ccc(S(=O)(=O)NCCNC(=O)CN5CCN(CC(=O)O)CCN(CC(=O)O)CCN(CC(=O)O)CC5)cc4)cc3)C(=O)O)cc21. The van der Waals surface area contributed by atoms with Crippen LogP contribution < -0.4 is 25.0 Å². The first kappa shape index (κ1) is 56.9. The topological polar surface area (TPSA) is 362 Å². The average Bonchev–Trinajstić information content (AvgIpc) is 4.00. The monoisotopic (exact) mass is 1080 g/mol. The zero-order valence-electron chi connectivity index (χ0n) is 40.7. The number of carbonyl (C=O) groups excluding carboxylic acids is 2. The number of hydrogen-bond acceptors (Lipinski definition) is 17. The van der Waals surface area contributed by atoms with E-state index < -0.39 is 62.4 Å². The van der Waals surface area contributed by atoms with Gasteiger partial charge in [-0.15, -0.1) is 0 Å². The van der Waals surface area contributed by atoms with E-state index in [-0.39, 0.29) is 101 Å². The van der Waals surface area contributed by atoms with Crippen LogP contribution in [0.25, 0.3) is 22.0 Å². The van der Waals surface area contributed by atoms with E-state index in [1.165, 1.54) is 48.5 Å². The maximum atomic E-state index is 13.5. The first-order chi connectivity index (χ1) is 35.7. The van der Waals surface area contributed by atoms with Crippen molar-refractivity contribution in [3.63, 3.8) is 0 Å². The lowest BCUT2D eigenvalue weighted by Gasteiger charge is -2.32. The Balaban J connectivity index is 1.00. The van der Waals surface area contributed by atoms with E-state index in [0.29, 0.717) is 46.9 Å². The first-order valence-corrected chi connectivity index (χ1v) is 26.3. The highest BCUT2D eigenvalue weighted by Crippen LogP contribution is 2.26. The van der Waals surface area contributed by atoms with E-state index in [9.17, 15) is 66.0 Å². The molecule has 1 aliphatic rings. The van der Waals surface area contributed by atoms with E-state index in [0.717, 1.165) is 10.3 Å². The second kappa shape index (κ2) is 26.2. The van der Waals surface area contributed by atoms with Gasteiger partial charge in [0, 0.05) is 96.0 Å². The molecule has 0 radical (unpaired) electrons. The number of anilines is 2. The van der Waals surface area contributed by atoms with Gasteiger partial charge in [0.25, 0.3) is 0 Å². The predicted molar refractivity (Wildman–Crippen MR) is 271 cm³/mol. The Morgan fingerprint density at radius 2 is 1.21 bits per heavy atom. The summed E-state index contributed by atoms with van der Waals surface area (Å²) < 4.78 is 59.5. The smallest absolute Gasteiger partial charge is 0.323 e. The standard InChI is InChI=1S/C46H59N13O14S2/c1-54-40-24-34(6-11-37(40)38(52-54)25-50-46-48-12-13-49-46)59(31-60)26-39(45(68)69)53-75(72,73)36-9-4-33(5-10-36)32-2-7-35(8-3-32)74(70,71)51-15-14-47-41(61)27-55-16-18-56(28-42(62)63)20-22-58(30-44(66)67)23-21-57(19-17-55)29-43(64)65/h2-13,24,31,39,51,53H,14-23,25-30H2,1H3,(H,47,61)(H,62,63)(H,64,65)(H,66,67)(H,68,69)(H2,48,49,50)/t39-/m0/s1. The highest BCUT2D eigenvalue weighted by molar-refractivity contribution is 7.89. The van der Waals surface area contributed by atoms with Crippen LogP contribution in [0.2, 0.25) is 0 Å². The molecule has 75 heavy (non-hydrogen) atoms. The largest absolute Gasteiger partial charge is 0.480 e. The summed E-state index contributed by atoms with van der Waals surface area (Å²) in [4.78, 5) is 86.7. The summed E-state index contributed by atoms with van der Waals surface area (Å²) in [7, 11) is -6.81. The number of rotatable bonds is 25. The fourth-order valence-corrected chi connectivity index (χ4v) is 10.4. The fourth-order valence-electron chi connectivity index (χ4n) is 8.15. The lowest BCUT2D eigenvalue weighted by molar-refractivity contribution is -0.140. The van der Waals surface area contributed by atoms with Gasteiger partial charge in [0.05, 0.1) is 60.3 Å². The summed E-state index contributed by atoms with van der Waals surface area (Å²) in [5.41, 5.74) is 2.65. The molecule has 0 aliphatic carbocycles. The summed E-state index contributed by atoms with van der Waals surface area (Å²) in [6, 6.07) is 14.3. The van der Waals surface area contributed by atoms with Crippen molar-refractivity contribution in [3.8, 4) is 11.1 Å². The zero-order valence-corrected chi connectivity index (χ0v) is 42.4. The minimum absolute atomic E-state index is 0.0951. The number of aromatic nitrogens is 4. The Bertz CT molecular complexity index is 2980. The van der Waals surface area contributed by atoms with Crippen LogP contribution in [-0.4, -0.2) is 217 Å². The number of imidazole rings is 1. The van der Waals surface area contributed by atoms with Crippen molar-refractivity contribution in [1.29, 1.82) is 0 Å². The molecule has 1 saturated heterocycles. The summed E-state index contributed by atoms with van der Waals surface area (Å²) in [6.45, 7) is 0.133. The van der Waals surface area contributed by atoms with Gasteiger partial charge in [-0.3, -0.25) is 53.0 Å². The molecule has 2 amide bonds. The van der Waals surface area contributed by atoms with Gasteiger partial charge < -0.3 is 40.9 Å². The second-order valence-corrected chi connectivity index (χ2v) is 20.9. The number of carbonyl (C=O) groups is 6. The van der Waals surface area contributed by atoms with Gasteiger partial charge in [0.2, 0.25) is 32.4 Å². The van der Waals surface area contributed by atoms with Gasteiger partial charge in [-0.25, -0.2) is 26.5 Å². The Kier molecular flexibility index (Phi) is 19.9. The summed E-state index contributed by atoms with van der Waals surface area (Å²) in [5.74, 6) is -4.69. The van der Waals surface area contributed by atoms with E-state index in [1.807, 2.05) is 0 Å². The summed E-state index contributed by atoms with van der Waals surface area (Å²) >= 11 is 0. The molecule has 9 N–H and O–H groups in total. The number of carboxylic acid groups (broad SMARTS) is 4. The van der Waals surface area contributed by atoms with Crippen LogP contribution in [0.4, 0.5) is 11.6 Å². The highest BCUT2D eigenvalue weighted by atomic mass is 32.2. The molecule has 3 heterocycles. The minimum Gasteiger partial charge on any atom is -0.480 e. The fraction of sp³-hybridized carbons (Fsp3) is 0.391. The molecular weight excluding hydrogens is 1020 g/mol. The van der Waals surface area contributed by atoms with Crippen molar-refractivity contribution in [3.05, 3.63) is 84.8 Å². The molecule has 3 aromatic carbocycles. The third kappa shape index (κ3) is 16.8. The number of hydrogen-bond donors (Lipinski definition) is 9. The molecule has 404 valence electrons. The number of nitrogens with one attached hydrogen (secondary N) is 5. The van der Waals surface area contributed by atoms with Crippen LogP contribution in [0, 0.1) is 0 Å². The lowest BCUT2D eigenvalue weighted by Crippen LogP contribution is -2.50. The number of fused-ring (bicyclic) bond motifs is 1. The van der Waals surface area contributed by atoms with Crippen molar-refractivity contribution in [2.75, 3.05) is 108 Å². The maximum Gasteiger partial charge on any atom is 0.323 e. The number of amides is 2. The van der Waals surface area contributed by atoms with Crippen LogP contribution in [0.1, 0.15) is 5.69 Å². The van der Waals surface area contributed by atoms with Gasteiger partial charge in [-0.1, -0.05) is 24.3 Å². The van der Waals surface area contributed by atoms with Gasteiger partial charge in [-0.05, 0) is 53.6 Å². The Morgan fingerprint density at radius 1 is 0.707 bits per heavy atom. The van der Waals surface area contributed by atoms with Crippen LogP contribution in [0.5, 0.6) is 0 Å². The Morgan fingerprint density at radius 3 is 1.68 bits per heavy atom. The van der Waals surface area contributed by atoms with E-state index in [1.54, 1.807) is 61.9 Å². The maximum absolute atomic E-state index is 13.5. The number of H-pyrrole nitrogens is 1. The minimum atomic E-state index is -4.45. The van der Waals surface area contributed by atoms with Crippen molar-refractivity contribution in [1.82, 2.24) is 54.1 Å². The molecule has 0 bridgehead atoms. The second-order valence-electron chi connectivity index (χ2n) is 17.4. The molecular formula is C46H59N13O14S2. The molecule has 0 saturated carbocycles. The van der Waals surface area contributed by atoms with Gasteiger partial charge in [-0.2, -0.15) is 9.82 Å². The van der Waals surface area contributed by atoms with Crippen molar-refractivity contribution in [2.45, 2.75) is 22.4 Å². The van der Waals surface area contributed by atoms with Crippen molar-refractivity contribution in [2.24, 2.45) is 7.05 Å². The van der Waals surface area contributed by atoms with Crippen molar-refractivity contribution >= 4 is 78.8 Å². The average molecular weight is 1080 g/mol. The highest BCUT2D eigenvalue weighted by Gasteiger charge is 2.29. The molecule has 0 spiro atoms. The third-order valence-electron chi connectivity index (χ3n) is 12.0. The van der Waals surface area contributed by atoms with E-state index in [4.69, 9.17) is 0 Å². The van der Waals surface area contributed by atoms with E-state index in [2.05, 4.69) is 35.1 Å². The molecule has 0 unspecified atom stereocenters. The van der Waals surface area contributed by atoms with Crippen molar-refractivity contribution < 1.29 is 66.0 Å². The summed E-state index contributed by atoms with van der Waals surface area (Å²) in [5, 5.41) is 49.4. The molecule has 27 nitrogen and oxygen atoms in total. The lowest BCUT2D eigenvalue weighted by atomic mass is 10.1. The number of aromatic amines is 1. The third-order valence-corrected chi connectivity index (χ3v) is 15.0. The number of sulfonamides is 2. The number of aryl methyl sites for hydroxylation is 1. The Hall–Kier alpha value is -7.38. The zero-order chi connectivity index (χ0) is 54.3.